The molecule has 0 aliphatic carbocycles. The van der Waals surface area contributed by atoms with Crippen LogP contribution in [0.3, 0.4) is 0 Å². The highest BCUT2D eigenvalue weighted by molar-refractivity contribution is 5.88. The molecule has 0 bridgehead atoms. The van der Waals surface area contributed by atoms with E-state index in [0.29, 0.717) is 0 Å². The number of carbonyl (C=O) groups excluding carboxylic acids is 1. The van der Waals surface area contributed by atoms with Gasteiger partial charge in [-0.1, -0.05) is 30.2 Å². The van der Waals surface area contributed by atoms with Gasteiger partial charge < -0.3 is 4.74 Å². The van der Waals surface area contributed by atoms with Crippen LogP contribution in [0.4, 0.5) is 0 Å². The van der Waals surface area contributed by atoms with Crippen LogP contribution < -0.4 is 0 Å². The van der Waals surface area contributed by atoms with Crippen LogP contribution in [-0.4, -0.2) is 5.97 Å². The highest BCUT2D eigenvalue weighted by Gasteiger charge is 2.16. The molecule has 1 unspecified atom stereocenters. The predicted molar refractivity (Wildman–Crippen MR) is 73.1 cm³/mol. The number of aryl methyl sites for hydroxylation is 3. The van der Waals surface area contributed by atoms with Crippen molar-refractivity contribution < 1.29 is 9.53 Å². The lowest BCUT2D eigenvalue weighted by molar-refractivity contribution is -0.140. The Kier molecular flexibility index (Phi) is 4.74. The van der Waals surface area contributed by atoms with E-state index in [2.05, 4.69) is 30.6 Å². The van der Waals surface area contributed by atoms with Crippen LogP contribution in [0.5, 0.6) is 0 Å². The Morgan fingerprint density at radius 1 is 1.33 bits per heavy atom. The van der Waals surface area contributed by atoms with Gasteiger partial charge in [0.15, 0.2) is 0 Å². The third-order valence-corrected chi connectivity index (χ3v) is 2.70. The van der Waals surface area contributed by atoms with Gasteiger partial charge in [0.2, 0.25) is 0 Å². The molecule has 2 nitrogen and oxygen atoms in total. The molecule has 0 saturated heterocycles. The third kappa shape index (κ3) is 3.24. The summed E-state index contributed by atoms with van der Waals surface area (Å²) < 4.78 is 5.30. The Morgan fingerprint density at radius 3 is 2.33 bits per heavy atom. The number of hydrogen-bond acceptors (Lipinski definition) is 2. The molecule has 1 aromatic rings. The molecule has 1 aromatic carbocycles. The highest BCUT2D eigenvalue weighted by atomic mass is 16.5. The van der Waals surface area contributed by atoms with Crippen LogP contribution >= 0.6 is 0 Å². The second kappa shape index (κ2) is 6.07. The number of ether oxygens (including phenoxy) is 1. The summed E-state index contributed by atoms with van der Waals surface area (Å²) in [6, 6.07) is 4.14. The topological polar surface area (TPSA) is 26.3 Å². The van der Waals surface area contributed by atoms with Crippen molar-refractivity contribution in [3.8, 4) is 11.8 Å². The molecule has 2 heteroatoms. The van der Waals surface area contributed by atoms with Gasteiger partial charge in [0.25, 0.3) is 0 Å². The second-order valence-corrected chi connectivity index (χ2v) is 4.25. The summed E-state index contributed by atoms with van der Waals surface area (Å²) in [4.78, 5) is 11.4. The molecular weight excluding hydrogens is 224 g/mol. The van der Waals surface area contributed by atoms with E-state index in [0.717, 1.165) is 16.7 Å². The fraction of sp³-hybridized carbons (Fsp3) is 0.312. The molecule has 0 aromatic heterocycles. The highest BCUT2D eigenvalue weighted by Crippen LogP contribution is 2.27. The summed E-state index contributed by atoms with van der Waals surface area (Å²) in [6.07, 6.45) is 1.18. The molecule has 0 amide bonds. The number of esters is 1. The van der Waals surface area contributed by atoms with Crippen LogP contribution in [0.15, 0.2) is 24.8 Å². The first-order valence-corrected chi connectivity index (χ1v) is 5.83. The Balaban J connectivity index is 3.12. The first kappa shape index (κ1) is 14.1. The number of hydrogen-bond donors (Lipinski definition) is 0. The standard InChI is InChI=1S/C16H18O2/c1-6-8-15(17)18-14(7-2)16-12(4)9-11(3)10-13(16)5/h7,9-10,14H,2H2,1,3-5H3. The smallest absolute Gasteiger partial charge is 0.385 e. The summed E-state index contributed by atoms with van der Waals surface area (Å²) >= 11 is 0. The molecule has 0 N–H and O–H groups in total. The van der Waals surface area contributed by atoms with Gasteiger partial charge in [0.05, 0.1) is 0 Å². The molecular formula is C16H18O2. The molecule has 94 valence electrons. The summed E-state index contributed by atoms with van der Waals surface area (Å²) in [7, 11) is 0. The van der Waals surface area contributed by atoms with Crippen molar-refractivity contribution in [2.24, 2.45) is 0 Å². The van der Waals surface area contributed by atoms with E-state index in [1.54, 1.807) is 13.0 Å². The van der Waals surface area contributed by atoms with Crippen LogP contribution in [0.25, 0.3) is 0 Å². The molecule has 0 aliphatic rings. The molecule has 0 fully saturated rings. The predicted octanol–water partition coefficient (Wildman–Crippen LogP) is 3.41. The van der Waals surface area contributed by atoms with Crippen LogP contribution in [0.1, 0.15) is 35.3 Å². The zero-order valence-electron chi connectivity index (χ0n) is 11.3. The molecule has 1 atom stereocenters. The second-order valence-electron chi connectivity index (χ2n) is 4.25. The maximum atomic E-state index is 11.4. The lowest BCUT2D eigenvalue weighted by Gasteiger charge is -2.18. The van der Waals surface area contributed by atoms with Gasteiger partial charge in [-0.15, -0.1) is 0 Å². The van der Waals surface area contributed by atoms with E-state index in [1.807, 2.05) is 20.8 Å². The minimum atomic E-state index is -0.526. The van der Waals surface area contributed by atoms with Gasteiger partial charge in [-0.05, 0) is 44.9 Å². The number of rotatable bonds is 3. The van der Waals surface area contributed by atoms with Crippen LogP contribution in [0.2, 0.25) is 0 Å². The van der Waals surface area contributed by atoms with Crippen molar-refractivity contribution in [2.75, 3.05) is 0 Å². The summed E-state index contributed by atoms with van der Waals surface area (Å²) in [5.41, 5.74) is 4.36. The normalized spacial score (nSPS) is 11.1. The minimum Gasteiger partial charge on any atom is -0.444 e. The maximum absolute atomic E-state index is 11.4. The fourth-order valence-electron chi connectivity index (χ4n) is 2.11. The van der Waals surface area contributed by atoms with Crippen molar-refractivity contribution in [1.82, 2.24) is 0 Å². The zero-order valence-corrected chi connectivity index (χ0v) is 11.3. The van der Waals surface area contributed by atoms with Crippen molar-refractivity contribution >= 4 is 5.97 Å². The molecule has 18 heavy (non-hydrogen) atoms. The summed E-state index contributed by atoms with van der Waals surface area (Å²) in [5.74, 6) is 4.37. The molecule has 1 rings (SSSR count). The SMILES string of the molecule is C=CC(OC(=O)C#CC)c1c(C)cc(C)cc1C. The first-order chi connectivity index (χ1) is 8.49. The average molecular weight is 242 g/mol. The van der Waals surface area contributed by atoms with Crippen LogP contribution in [0, 0.1) is 32.6 Å². The van der Waals surface area contributed by atoms with Gasteiger partial charge in [-0.3, -0.25) is 0 Å². The molecule has 0 spiro atoms. The monoisotopic (exact) mass is 242 g/mol. The average Bonchev–Trinajstić information content (AvgIpc) is 2.26. The van der Waals surface area contributed by atoms with E-state index < -0.39 is 12.1 Å². The van der Waals surface area contributed by atoms with E-state index in [9.17, 15) is 4.79 Å². The van der Waals surface area contributed by atoms with Crippen molar-refractivity contribution in [2.45, 2.75) is 33.8 Å². The quantitative estimate of drug-likeness (QED) is 0.351. The Labute approximate surface area is 109 Å². The van der Waals surface area contributed by atoms with E-state index in [4.69, 9.17) is 4.74 Å². The Morgan fingerprint density at radius 2 is 1.89 bits per heavy atom. The first-order valence-electron chi connectivity index (χ1n) is 5.83. The maximum Gasteiger partial charge on any atom is 0.385 e. The fourth-order valence-corrected chi connectivity index (χ4v) is 2.11. The third-order valence-electron chi connectivity index (χ3n) is 2.70. The van der Waals surface area contributed by atoms with Crippen molar-refractivity contribution in [3.63, 3.8) is 0 Å². The molecule has 0 aliphatic heterocycles. The molecule has 0 heterocycles. The van der Waals surface area contributed by atoms with Gasteiger partial charge in [0.1, 0.15) is 6.10 Å². The lowest BCUT2D eigenvalue weighted by Crippen LogP contribution is -2.10. The van der Waals surface area contributed by atoms with E-state index >= 15 is 0 Å². The van der Waals surface area contributed by atoms with E-state index in [-0.39, 0.29) is 0 Å². The molecule has 0 radical (unpaired) electrons. The van der Waals surface area contributed by atoms with Gasteiger partial charge in [-0.25, -0.2) is 4.79 Å². The Bertz CT molecular complexity index is 507. The number of carbonyl (C=O) groups is 1. The van der Waals surface area contributed by atoms with Gasteiger partial charge in [0, 0.05) is 11.5 Å². The van der Waals surface area contributed by atoms with Crippen molar-refractivity contribution in [1.29, 1.82) is 0 Å². The van der Waals surface area contributed by atoms with Crippen LogP contribution in [-0.2, 0) is 9.53 Å². The largest absolute Gasteiger partial charge is 0.444 e. The molecule has 0 saturated carbocycles. The lowest BCUT2D eigenvalue weighted by atomic mass is 9.95. The van der Waals surface area contributed by atoms with E-state index in [1.165, 1.54) is 5.56 Å². The summed E-state index contributed by atoms with van der Waals surface area (Å²) in [6.45, 7) is 11.4. The zero-order chi connectivity index (χ0) is 13.7. The van der Waals surface area contributed by atoms with Gasteiger partial charge >= 0.3 is 5.97 Å². The number of benzene rings is 1. The summed E-state index contributed by atoms with van der Waals surface area (Å²) in [5, 5.41) is 0. The Hall–Kier alpha value is -2.01. The minimum absolute atomic E-state index is 0.445. The van der Waals surface area contributed by atoms with Gasteiger partial charge in [-0.2, -0.15) is 0 Å². The van der Waals surface area contributed by atoms with Crippen molar-refractivity contribution in [3.05, 3.63) is 47.0 Å².